The van der Waals surface area contributed by atoms with Crippen LogP contribution in [0.25, 0.3) is 0 Å². The van der Waals surface area contributed by atoms with Crippen LogP contribution in [0, 0.1) is 11.8 Å². The van der Waals surface area contributed by atoms with Crippen LogP contribution in [0.3, 0.4) is 0 Å². The summed E-state index contributed by atoms with van der Waals surface area (Å²) in [5.41, 5.74) is 0. The number of carboxylic acid groups (broad SMARTS) is 1. The van der Waals surface area contributed by atoms with Crippen molar-refractivity contribution >= 4 is 5.97 Å². The van der Waals surface area contributed by atoms with E-state index in [9.17, 15) is 4.79 Å². The van der Waals surface area contributed by atoms with E-state index in [4.69, 9.17) is 5.11 Å². The van der Waals surface area contributed by atoms with Crippen molar-refractivity contribution < 1.29 is 9.90 Å². The molecule has 1 aliphatic heterocycles. The van der Waals surface area contributed by atoms with Crippen molar-refractivity contribution in [3.63, 3.8) is 0 Å². The molecule has 2 atom stereocenters. The predicted molar refractivity (Wildman–Crippen MR) is 78.7 cm³/mol. The molecule has 1 heterocycles. The summed E-state index contributed by atoms with van der Waals surface area (Å²) in [6.45, 7) is 3.27. The molecule has 3 fully saturated rings. The van der Waals surface area contributed by atoms with E-state index in [1.165, 1.54) is 38.5 Å². The number of piperidine rings is 1. The standard InChI is InChI=1S/C16H28N2O2/c19-16(20)8-13-7-14(17-9-12-3-1-4-12)11-18(10-13)15-5-2-6-15/h12-15,17H,1-11H2,(H,19,20). The van der Waals surface area contributed by atoms with Crippen LogP contribution in [0.2, 0.25) is 0 Å². The minimum Gasteiger partial charge on any atom is -0.481 e. The third-order valence-electron chi connectivity index (χ3n) is 5.54. The normalized spacial score (nSPS) is 32.6. The Morgan fingerprint density at radius 1 is 1.10 bits per heavy atom. The highest BCUT2D eigenvalue weighted by Crippen LogP contribution is 2.31. The van der Waals surface area contributed by atoms with Gasteiger partial charge in [-0.1, -0.05) is 12.8 Å². The lowest BCUT2D eigenvalue weighted by Crippen LogP contribution is -2.55. The number of nitrogens with zero attached hydrogens (tertiary/aromatic N) is 1. The molecule has 0 bridgehead atoms. The Hall–Kier alpha value is -0.610. The molecular formula is C16H28N2O2. The van der Waals surface area contributed by atoms with Crippen LogP contribution in [0.4, 0.5) is 0 Å². The minimum absolute atomic E-state index is 0.334. The maximum atomic E-state index is 11.0. The zero-order valence-electron chi connectivity index (χ0n) is 12.4. The van der Waals surface area contributed by atoms with Crippen molar-refractivity contribution in [3.05, 3.63) is 0 Å². The topological polar surface area (TPSA) is 52.6 Å². The van der Waals surface area contributed by atoms with Crippen LogP contribution in [0.5, 0.6) is 0 Å². The fourth-order valence-corrected chi connectivity index (χ4v) is 3.86. The predicted octanol–water partition coefficient (Wildman–Crippen LogP) is 2.09. The van der Waals surface area contributed by atoms with Crippen molar-refractivity contribution in [1.82, 2.24) is 10.2 Å². The molecule has 3 rings (SSSR count). The smallest absolute Gasteiger partial charge is 0.303 e. The summed E-state index contributed by atoms with van der Waals surface area (Å²) >= 11 is 0. The number of likely N-dealkylation sites (tertiary alicyclic amines) is 1. The van der Waals surface area contributed by atoms with E-state index in [1.54, 1.807) is 0 Å². The fraction of sp³-hybridized carbons (Fsp3) is 0.938. The minimum atomic E-state index is -0.636. The Balaban J connectivity index is 1.52. The van der Waals surface area contributed by atoms with Crippen LogP contribution in [0.1, 0.15) is 51.4 Å². The zero-order chi connectivity index (χ0) is 13.9. The van der Waals surface area contributed by atoms with Crippen LogP contribution in [-0.4, -0.2) is 47.7 Å². The van der Waals surface area contributed by atoms with Gasteiger partial charge >= 0.3 is 5.97 Å². The van der Waals surface area contributed by atoms with Crippen molar-refractivity contribution in [2.24, 2.45) is 11.8 Å². The summed E-state index contributed by atoms with van der Waals surface area (Å²) in [5.74, 6) is 0.580. The number of aliphatic carboxylic acids is 1. The van der Waals surface area contributed by atoms with Gasteiger partial charge in [0.2, 0.25) is 0 Å². The van der Waals surface area contributed by atoms with Gasteiger partial charge in [0.15, 0.2) is 0 Å². The highest BCUT2D eigenvalue weighted by Gasteiger charge is 2.34. The molecule has 1 saturated heterocycles. The summed E-state index contributed by atoms with van der Waals surface area (Å²) in [6.07, 6.45) is 9.52. The number of hydrogen-bond acceptors (Lipinski definition) is 3. The van der Waals surface area contributed by atoms with Crippen LogP contribution in [-0.2, 0) is 4.79 Å². The van der Waals surface area contributed by atoms with E-state index >= 15 is 0 Å². The number of rotatable bonds is 6. The van der Waals surface area contributed by atoms with Gasteiger partial charge in [0.25, 0.3) is 0 Å². The quantitative estimate of drug-likeness (QED) is 0.782. The molecule has 114 valence electrons. The summed E-state index contributed by atoms with van der Waals surface area (Å²) in [4.78, 5) is 13.6. The lowest BCUT2D eigenvalue weighted by Gasteiger charge is -2.45. The fourth-order valence-electron chi connectivity index (χ4n) is 3.86. The highest BCUT2D eigenvalue weighted by molar-refractivity contribution is 5.67. The monoisotopic (exact) mass is 280 g/mol. The first kappa shape index (κ1) is 14.3. The summed E-state index contributed by atoms with van der Waals surface area (Å²) in [5, 5.41) is 12.8. The lowest BCUT2D eigenvalue weighted by molar-refractivity contribution is -0.138. The summed E-state index contributed by atoms with van der Waals surface area (Å²) < 4.78 is 0. The second-order valence-electron chi connectivity index (χ2n) is 7.14. The van der Waals surface area contributed by atoms with Gasteiger partial charge in [-0.2, -0.15) is 0 Å². The van der Waals surface area contributed by atoms with E-state index in [2.05, 4.69) is 10.2 Å². The Bertz CT molecular complexity index is 339. The lowest BCUT2D eigenvalue weighted by atomic mass is 9.83. The van der Waals surface area contributed by atoms with E-state index in [0.29, 0.717) is 18.4 Å². The van der Waals surface area contributed by atoms with Gasteiger partial charge in [-0.05, 0) is 50.5 Å². The van der Waals surface area contributed by atoms with Gasteiger partial charge < -0.3 is 10.4 Å². The average Bonchev–Trinajstić information content (AvgIpc) is 2.23. The SMILES string of the molecule is O=C(O)CC1CC(NCC2CCC2)CN(C2CCC2)C1. The van der Waals surface area contributed by atoms with Gasteiger partial charge in [-0.3, -0.25) is 9.69 Å². The van der Waals surface area contributed by atoms with Crippen molar-refractivity contribution in [2.75, 3.05) is 19.6 Å². The molecule has 3 aliphatic rings. The molecule has 2 unspecified atom stereocenters. The van der Waals surface area contributed by atoms with Crippen molar-refractivity contribution in [2.45, 2.75) is 63.5 Å². The molecule has 0 spiro atoms. The molecular weight excluding hydrogens is 252 g/mol. The van der Waals surface area contributed by atoms with E-state index in [-0.39, 0.29) is 0 Å². The van der Waals surface area contributed by atoms with E-state index in [0.717, 1.165) is 38.0 Å². The maximum Gasteiger partial charge on any atom is 0.303 e. The van der Waals surface area contributed by atoms with Crippen LogP contribution in [0.15, 0.2) is 0 Å². The second kappa shape index (κ2) is 6.44. The van der Waals surface area contributed by atoms with Gasteiger partial charge in [-0.25, -0.2) is 0 Å². The van der Waals surface area contributed by atoms with E-state index in [1.807, 2.05) is 0 Å². The Kier molecular flexibility index (Phi) is 4.61. The van der Waals surface area contributed by atoms with Crippen molar-refractivity contribution in [1.29, 1.82) is 0 Å². The molecule has 4 nitrogen and oxygen atoms in total. The maximum absolute atomic E-state index is 11.0. The van der Waals surface area contributed by atoms with Crippen LogP contribution >= 0.6 is 0 Å². The number of nitrogens with one attached hydrogen (secondary N) is 1. The second-order valence-corrected chi connectivity index (χ2v) is 7.14. The average molecular weight is 280 g/mol. The number of carbonyl (C=O) groups is 1. The largest absolute Gasteiger partial charge is 0.481 e. The van der Waals surface area contributed by atoms with Gasteiger partial charge in [0.1, 0.15) is 0 Å². The van der Waals surface area contributed by atoms with Gasteiger partial charge in [0.05, 0.1) is 0 Å². The Labute approximate surface area is 121 Å². The zero-order valence-corrected chi connectivity index (χ0v) is 12.4. The summed E-state index contributed by atoms with van der Waals surface area (Å²) in [7, 11) is 0. The number of carboxylic acids is 1. The molecule has 0 aromatic heterocycles. The molecule has 0 amide bonds. The Morgan fingerprint density at radius 3 is 2.40 bits per heavy atom. The first-order valence-electron chi connectivity index (χ1n) is 8.40. The van der Waals surface area contributed by atoms with Gasteiger partial charge in [-0.15, -0.1) is 0 Å². The molecule has 4 heteroatoms. The molecule has 2 saturated carbocycles. The highest BCUT2D eigenvalue weighted by atomic mass is 16.4. The molecule has 2 aliphatic carbocycles. The summed E-state index contributed by atoms with van der Waals surface area (Å²) in [6, 6.07) is 1.24. The Morgan fingerprint density at radius 2 is 1.85 bits per heavy atom. The third kappa shape index (κ3) is 3.53. The van der Waals surface area contributed by atoms with Gasteiger partial charge in [0, 0.05) is 31.6 Å². The van der Waals surface area contributed by atoms with Crippen LogP contribution < -0.4 is 5.32 Å². The molecule has 0 radical (unpaired) electrons. The third-order valence-corrected chi connectivity index (χ3v) is 5.54. The van der Waals surface area contributed by atoms with Crippen molar-refractivity contribution in [3.8, 4) is 0 Å². The first-order chi connectivity index (χ1) is 9.70. The van der Waals surface area contributed by atoms with E-state index < -0.39 is 5.97 Å². The molecule has 20 heavy (non-hydrogen) atoms. The molecule has 2 N–H and O–H groups in total. The number of hydrogen-bond donors (Lipinski definition) is 2. The molecule has 0 aromatic rings. The first-order valence-corrected chi connectivity index (χ1v) is 8.40. The molecule has 0 aromatic carbocycles.